The molecule has 3 atom stereocenters. The Morgan fingerprint density at radius 2 is 2.22 bits per heavy atom. The fourth-order valence-corrected chi connectivity index (χ4v) is 4.08. The molecule has 0 unspecified atom stereocenters. The molecule has 2 heterocycles. The molecule has 0 aromatic heterocycles. The van der Waals surface area contributed by atoms with E-state index in [1.54, 1.807) is 23.6 Å². The van der Waals surface area contributed by atoms with Crippen molar-refractivity contribution >= 4 is 29.8 Å². The molecule has 128 valence electrons. The average molecular weight is 339 g/mol. The highest BCUT2D eigenvalue weighted by atomic mass is 32.2. The normalized spacial score (nSPS) is 25.8. The second kappa shape index (κ2) is 6.65. The molecule has 0 aliphatic carbocycles. The number of thioether (sulfide) groups is 1. The molecular formula is C16H25N3O3S. The molecule has 0 aromatic carbocycles. The van der Waals surface area contributed by atoms with Crippen molar-refractivity contribution in [2.75, 3.05) is 12.3 Å². The van der Waals surface area contributed by atoms with Gasteiger partial charge in [-0.1, -0.05) is 20.8 Å². The van der Waals surface area contributed by atoms with Gasteiger partial charge in [0.2, 0.25) is 5.91 Å². The highest BCUT2D eigenvalue weighted by Gasteiger charge is 2.57. The van der Waals surface area contributed by atoms with Gasteiger partial charge in [0.05, 0.1) is 36.6 Å². The van der Waals surface area contributed by atoms with E-state index in [1.807, 2.05) is 20.8 Å². The molecule has 2 aliphatic rings. The summed E-state index contributed by atoms with van der Waals surface area (Å²) in [4.78, 5) is 31.7. The van der Waals surface area contributed by atoms with Crippen molar-refractivity contribution in [1.82, 2.24) is 4.90 Å². The Bertz CT molecular complexity index is 563. The number of hydrogen-bond acceptors (Lipinski definition) is 5. The van der Waals surface area contributed by atoms with Crippen LogP contribution in [0.3, 0.4) is 0 Å². The lowest BCUT2D eigenvalue weighted by atomic mass is 9.82. The van der Waals surface area contributed by atoms with Crippen LogP contribution in [0.2, 0.25) is 0 Å². The van der Waals surface area contributed by atoms with Crippen molar-refractivity contribution in [3.8, 4) is 0 Å². The number of allylic oxidation sites excluding steroid dienone is 1. The number of carbonyl (C=O) groups excluding carboxylic acids is 2. The number of Topliss-reactive ketones (excluding diaryl/α,β-unsaturated/α-hetero) is 1. The molecule has 0 saturated carbocycles. The summed E-state index contributed by atoms with van der Waals surface area (Å²) in [5.74, 6) is 0.131. The lowest BCUT2D eigenvalue weighted by Crippen LogP contribution is -2.62. The van der Waals surface area contributed by atoms with Crippen molar-refractivity contribution in [3.05, 3.63) is 10.6 Å². The molecule has 0 aromatic rings. The van der Waals surface area contributed by atoms with Crippen LogP contribution < -0.4 is 5.73 Å². The standard InChI is InChI=1S/C16H25N3O3S/c1-9(20)12-10-7-11(23-6-5-18-8-17)13(19(10)15(12)22)14(21)16(2,3)4/h8-10,12,20H,5-7H2,1-4H3,(H2,17,18)/t9-,10-,12-/m1/s1. The summed E-state index contributed by atoms with van der Waals surface area (Å²) in [6, 6.07) is -0.0932. The Morgan fingerprint density at radius 3 is 2.74 bits per heavy atom. The van der Waals surface area contributed by atoms with Crippen LogP contribution in [0.15, 0.2) is 15.6 Å². The third-order valence-electron chi connectivity index (χ3n) is 4.19. The monoisotopic (exact) mass is 339 g/mol. The Balaban J connectivity index is 2.25. The number of ketones is 1. The minimum absolute atomic E-state index is 0.0257. The highest BCUT2D eigenvalue weighted by Crippen LogP contribution is 2.48. The van der Waals surface area contributed by atoms with Gasteiger partial charge >= 0.3 is 0 Å². The number of nitrogens with zero attached hydrogens (tertiary/aromatic N) is 2. The van der Waals surface area contributed by atoms with Crippen LogP contribution >= 0.6 is 11.8 Å². The van der Waals surface area contributed by atoms with Gasteiger partial charge in [0.1, 0.15) is 0 Å². The molecule has 1 amide bonds. The van der Waals surface area contributed by atoms with Gasteiger partial charge in [-0.2, -0.15) is 0 Å². The fraction of sp³-hybridized carbons (Fsp3) is 0.688. The molecule has 7 heteroatoms. The summed E-state index contributed by atoms with van der Waals surface area (Å²) in [5.41, 5.74) is 5.20. The van der Waals surface area contributed by atoms with Gasteiger partial charge < -0.3 is 15.7 Å². The van der Waals surface area contributed by atoms with E-state index >= 15 is 0 Å². The van der Waals surface area contributed by atoms with Gasteiger partial charge in [-0.15, -0.1) is 11.8 Å². The second-order valence-electron chi connectivity index (χ2n) is 7.00. The number of fused-ring (bicyclic) bond motifs is 1. The van der Waals surface area contributed by atoms with Crippen LogP contribution in [0.1, 0.15) is 34.1 Å². The molecule has 1 fully saturated rings. The predicted molar refractivity (Wildman–Crippen MR) is 91.9 cm³/mol. The minimum Gasteiger partial charge on any atom is -0.393 e. The van der Waals surface area contributed by atoms with Crippen LogP contribution in [0, 0.1) is 11.3 Å². The third-order valence-corrected chi connectivity index (χ3v) is 5.28. The SMILES string of the molecule is C[C@@H](O)[C@H]1C(=O)N2C(C(=O)C(C)(C)C)=C(SCCN=CN)C[C@H]12. The van der Waals surface area contributed by atoms with Crippen LogP contribution in [0.25, 0.3) is 0 Å². The van der Waals surface area contributed by atoms with E-state index in [2.05, 4.69) is 4.99 Å². The van der Waals surface area contributed by atoms with E-state index < -0.39 is 17.4 Å². The van der Waals surface area contributed by atoms with Gasteiger partial charge in [-0.3, -0.25) is 14.6 Å². The van der Waals surface area contributed by atoms with E-state index in [4.69, 9.17) is 5.73 Å². The number of hydrogen-bond donors (Lipinski definition) is 2. The molecule has 23 heavy (non-hydrogen) atoms. The van der Waals surface area contributed by atoms with E-state index in [1.165, 1.54) is 6.34 Å². The molecule has 0 bridgehead atoms. The number of nitrogens with two attached hydrogens (primary N) is 1. The van der Waals surface area contributed by atoms with Crippen LogP contribution in [0.4, 0.5) is 0 Å². The largest absolute Gasteiger partial charge is 0.393 e. The Morgan fingerprint density at radius 1 is 1.57 bits per heavy atom. The number of β-lactam (4-membered cyclic amide) rings is 1. The van der Waals surface area contributed by atoms with Crippen molar-refractivity contribution < 1.29 is 14.7 Å². The zero-order valence-corrected chi connectivity index (χ0v) is 14.9. The first-order chi connectivity index (χ1) is 10.7. The summed E-state index contributed by atoms with van der Waals surface area (Å²) in [7, 11) is 0. The summed E-state index contributed by atoms with van der Waals surface area (Å²) >= 11 is 1.55. The maximum atomic E-state index is 12.8. The lowest BCUT2D eigenvalue weighted by Gasteiger charge is -2.45. The number of aliphatic hydroxyl groups is 1. The number of carbonyl (C=O) groups is 2. The van der Waals surface area contributed by atoms with E-state index in [-0.39, 0.29) is 17.7 Å². The number of aliphatic hydroxyl groups excluding tert-OH is 1. The first kappa shape index (κ1) is 18.0. The summed E-state index contributed by atoms with van der Waals surface area (Å²) in [6.07, 6.45) is 1.21. The molecule has 0 radical (unpaired) electrons. The highest BCUT2D eigenvalue weighted by molar-refractivity contribution is 8.03. The van der Waals surface area contributed by atoms with Crippen molar-refractivity contribution in [1.29, 1.82) is 0 Å². The van der Waals surface area contributed by atoms with Crippen LogP contribution in [-0.4, -0.2) is 52.5 Å². The maximum absolute atomic E-state index is 12.8. The number of aliphatic imine (C=N–C) groups is 1. The van der Waals surface area contributed by atoms with E-state index in [0.29, 0.717) is 24.4 Å². The van der Waals surface area contributed by atoms with Gasteiger partial charge in [0.25, 0.3) is 0 Å². The Labute approximate surface area is 141 Å². The lowest BCUT2D eigenvalue weighted by molar-refractivity contribution is -0.159. The second-order valence-corrected chi connectivity index (χ2v) is 8.19. The van der Waals surface area contributed by atoms with Gasteiger partial charge in [0, 0.05) is 22.5 Å². The van der Waals surface area contributed by atoms with Crippen molar-refractivity contribution in [3.63, 3.8) is 0 Å². The van der Waals surface area contributed by atoms with Gasteiger partial charge in [-0.05, 0) is 6.92 Å². The van der Waals surface area contributed by atoms with Gasteiger partial charge in [-0.25, -0.2) is 0 Å². The Kier molecular flexibility index (Phi) is 5.20. The smallest absolute Gasteiger partial charge is 0.235 e. The summed E-state index contributed by atoms with van der Waals surface area (Å²) < 4.78 is 0. The van der Waals surface area contributed by atoms with E-state index in [9.17, 15) is 14.7 Å². The molecule has 2 rings (SSSR count). The van der Waals surface area contributed by atoms with Crippen molar-refractivity contribution in [2.24, 2.45) is 22.1 Å². The Hall–Kier alpha value is -1.34. The van der Waals surface area contributed by atoms with Gasteiger partial charge in [0.15, 0.2) is 5.78 Å². The van der Waals surface area contributed by atoms with Crippen molar-refractivity contribution in [2.45, 2.75) is 46.3 Å². The minimum atomic E-state index is -0.694. The number of amides is 1. The first-order valence-electron chi connectivity index (χ1n) is 7.82. The fourth-order valence-electron chi connectivity index (χ4n) is 3.02. The molecule has 0 spiro atoms. The maximum Gasteiger partial charge on any atom is 0.235 e. The zero-order chi connectivity index (χ0) is 17.4. The predicted octanol–water partition coefficient (Wildman–Crippen LogP) is 1.14. The number of rotatable bonds is 6. The van der Waals surface area contributed by atoms with E-state index in [0.717, 1.165) is 4.91 Å². The summed E-state index contributed by atoms with van der Waals surface area (Å²) in [5, 5.41) is 9.82. The topological polar surface area (TPSA) is 96.0 Å². The molecular weight excluding hydrogens is 314 g/mol. The first-order valence-corrected chi connectivity index (χ1v) is 8.80. The van der Waals surface area contributed by atoms with Crippen LogP contribution in [0.5, 0.6) is 0 Å². The van der Waals surface area contributed by atoms with Crippen LogP contribution in [-0.2, 0) is 9.59 Å². The summed E-state index contributed by atoms with van der Waals surface area (Å²) in [6.45, 7) is 7.76. The molecule has 1 saturated heterocycles. The average Bonchev–Trinajstić information content (AvgIpc) is 2.75. The zero-order valence-electron chi connectivity index (χ0n) is 14.1. The molecule has 2 aliphatic heterocycles. The molecule has 6 nitrogen and oxygen atoms in total. The molecule has 3 N–H and O–H groups in total. The quantitative estimate of drug-likeness (QED) is 0.327. The third kappa shape index (κ3) is 3.30.